The number of rotatable bonds is 7. The van der Waals surface area contributed by atoms with Crippen LogP contribution < -0.4 is 10.5 Å². The molecule has 0 bridgehead atoms. The lowest BCUT2D eigenvalue weighted by Gasteiger charge is -2.12. The Morgan fingerprint density at radius 1 is 1.03 bits per heavy atom. The number of hydrogen-bond acceptors (Lipinski definition) is 3. The third-order valence-corrected chi connectivity index (χ3v) is 5.66. The first kappa shape index (κ1) is 22.1. The average Bonchev–Trinajstić information content (AvgIpc) is 3.12. The predicted molar refractivity (Wildman–Crippen MR) is 122 cm³/mol. The molecule has 2 aromatic carbocycles. The fourth-order valence-corrected chi connectivity index (χ4v) is 4.23. The Labute approximate surface area is 184 Å². The summed E-state index contributed by atoms with van der Waals surface area (Å²) in [7, 11) is 0. The average molecular weight is 441 g/mol. The van der Waals surface area contributed by atoms with Gasteiger partial charge in [0, 0.05) is 22.0 Å². The Bertz CT molecular complexity index is 1260. The molecule has 32 heavy (non-hydrogen) atoms. The summed E-state index contributed by atoms with van der Waals surface area (Å²) in [6.45, 7) is 4.84. The summed E-state index contributed by atoms with van der Waals surface area (Å²) in [4.78, 5) is 7.78. The lowest BCUT2D eigenvalue weighted by atomic mass is 9.97. The van der Waals surface area contributed by atoms with Crippen molar-refractivity contribution in [3.63, 3.8) is 0 Å². The Kier molecular flexibility index (Phi) is 6.11. The SMILES string of the molecule is CCOc1ccc(-c2[nH]c3c(C(F)(F)F)cccc3c2CCCCN)c2ccc(C)nc12. The number of hydrogen-bond donors (Lipinski definition) is 2. The lowest BCUT2D eigenvalue weighted by molar-refractivity contribution is -0.136. The molecule has 4 nitrogen and oxygen atoms in total. The number of alkyl halides is 3. The van der Waals surface area contributed by atoms with Gasteiger partial charge in [0.05, 0.1) is 23.4 Å². The summed E-state index contributed by atoms with van der Waals surface area (Å²) in [5.41, 5.74) is 9.02. The molecule has 0 saturated carbocycles. The normalized spacial score (nSPS) is 12.1. The third-order valence-electron chi connectivity index (χ3n) is 5.66. The van der Waals surface area contributed by atoms with Crippen molar-refractivity contribution in [2.24, 2.45) is 5.73 Å². The van der Waals surface area contributed by atoms with E-state index in [0.717, 1.165) is 41.1 Å². The van der Waals surface area contributed by atoms with Gasteiger partial charge in [0.25, 0.3) is 0 Å². The molecule has 3 N–H and O–H groups in total. The highest BCUT2D eigenvalue weighted by molar-refractivity contribution is 6.02. The summed E-state index contributed by atoms with van der Waals surface area (Å²) in [5, 5.41) is 1.43. The predicted octanol–water partition coefficient (Wildman–Crippen LogP) is 6.39. The highest BCUT2D eigenvalue weighted by atomic mass is 19.4. The van der Waals surface area contributed by atoms with Crippen molar-refractivity contribution in [1.82, 2.24) is 9.97 Å². The number of fused-ring (bicyclic) bond motifs is 2. The van der Waals surface area contributed by atoms with Crippen molar-refractivity contribution < 1.29 is 17.9 Å². The number of aryl methyl sites for hydroxylation is 2. The van der Waals surface area contributed by atoms with E-state index in [1.807, 2.05) is 38.1 Å². The molecule has 0 saturated heterocycles. The van der Waals surface area contributed by atoms with Gasteiger partial charge in [0.15, 0.2) is 0 Å². The van der Waals surface area contributed by atoms with Crippen molar-refractivity contribution in [2.75, 3.05) is 13.2 Å². The summed E-state index contributed by atoms with van der Waals surface area (Å²) in [5.74, 6) is 0.659. The van der Waals surface area contributed by atoms with Crippen LogP contribution >= 0.6 is 0 Å². The van der Waals surface area contributed by atoms with Crippen LogP contribution in [0.2, 0.25) is 0 Å². The Balaban J connectivity index is 2.00. The van der Waals surface area contributed by atoms with E-state index in [0.29, 0.717) is 41.9 Å². The quantitative estimate of drug-likeness (QED) is 0.327. The highest BCUT2D eigenvalue weighted by Gasteiger charge is 2.34. The maximum Gasteiger partial charge on any atom is 0.418 e. The zero-order valence-corrected chi connectivity index (χ0v) is 18.1. The van der Waals surface area contributed by atoms with Gasteiger partial charge in [0.2, 0.25) is 0 Å². The molecule has 0 aliphatic rings. The number of benzene rings is 2. The standard InChI is InChI=1S/C25H26F3N3O/c1-3-32-21-13-12-18(19-11-10-15(2)30-24(19)21)22-16(7-4-5-14-29)17-8-6-9-20(23(17)31-22)25(26,27)28/h6,8-13,31H,3-5,7,14,29H2,1-2H3. The summed E-state index contributed by atoms with van der Waals surface area (Å²) >= 11 is 0. The van der Waals surface area contributed by atoms with E-state index in [1.54, 1.807) is 6.07 Å². The van der Waals surface area contributed by atoms with E-state index < -0.39 is 11.7 Å². The molecule has 4 rings (SSSR count). The van der Waals surface area contributed by atoms with Gasteiger partial charge >= 0.3 is 6.18 Å². The van der Waals surface area contributed by atoms with E-state index in [2.05, 4.69) is 9.97 Å². The van der Waals surface area contributed by atoms with Gasteiger partial charge in [-0.25, -0.2) is 4.98 Å². The van der Waals surface area contributed by atoms with E-state index in [1.165, 1.54) is 6.07 Å². The first-order valence-electron chi connectivity index (χ1n) is 10.8. The number of unbranched alkanes of at least 4 members (excludes halogenated alkanes) is 1. The van der Waals surface area contributed by atoms with Gasteiger partial charge in [-0.1, -0.05) is 18.2 Å². The Hall–Kier alpha value is -3.06. The number of nitrogens with zero attached hydrogens (tertiary/aromatic N) is 1. The van der Waals surface area contributed by atoms with Gasteiger partial charge in [-0.05, 0) is 69.5 Å². The molecule has 0 aliphatic carbocycles. The second kappa shape index (κ2) is 8.82. The maximum atomic E-state index is 13.7. The summed E-state index contributed by atoms with van der Waals surface area (Å²) in [6.07, 6.45) is -2.23. The number of aromatic nitrogens is 2. The maximum absolute atomic E-state index is 13.7. The summed E-state index contributed by atoms with van der Waals surface area (Å²) < 4.78 is 47.0. The third kappa shape index (κ3) is 4.05. The van der Waals surface area contributed by atoms with E-state index in [-0.39, 0.29) is 5.52 Å². The molecule has 2 aromatic heterocycles. The number of aromatic amines is 1. The molecule has 0 atom stereocenters. The minimum atomic E-state index is -4.45. The van der Waals surface area contributed by atoms with Gasteiger partial charge in [0.1, 0.15) is 11.3 Å². The molecular formula is C25H26F3N3O. The molecule has 168 valence electrons. The van der Waals surface area contributed by atoms with Crippen LogP contribution in [0.3, 0.4) is 0 Å². The van der Waals surface area contributed by atoms with E-state index in [9.17, 15) is 13.2 Å². The van der Waals surface area contributed by atoms with Crippen molar-refractivity contribution in [2.45, 2.75) is 39.3 Å². The number of halogens is 3. The van der Waals surface area contributed by atoms with Crippen molar-refractivity contribution in [1.29, 1.82) is 0 Å². The van der Waals surface area contributed by atoms with E-state index >= 15 is 0 Å². The second-order valence-electron chi connectivity index (χ2n) is 7.84. The zero-order valence-electron chi connectivity index (χ0n) is 18.1. The smallest absolute Gasteiger partial charge is 0.418 e. The van der Waals surface area contributed by atoms with Crippen LogP contribution in [0.15, 0.2) is 42.5 Å². The van der Waals surface area contributed by atoms with Crippen LogP contribution in [0, 0.1) is 6.92 Å². The number of pyridine rings is 1. The van der Waals surface area contributed by atoms with Gasteiger partial charge < -0.3 is 15.5 Å². The molecule has 2 heterocycles. The fraction of sp³-hybridized carbons (Fsp3) is 0.320. The van der Waals surface area contributed by atoms with Crippen LogP contribution in [0.1, 0.15) is 36.6 Å². The molecule has 0 radical (unpaired) electrons. The Morgan fingerprint density at radius 2 is 1.84 bits per heavy atom. The van der Waals surface area contributed by atoms with Gasteiger partial charge in [-0.2, -0.15) is 13.2 Å². The van der Waals surface area contributed by atoms with Crippen molar-refractivity contribution in [3.05, 3.63) is 59.3 Å². The molecule has 7 heteroatoms. The molecule has 4 aromatic rings. The first-order valence-corrected chi connectivity index (χ1v) is 10.8. The number of nitrogens with one attached hydrogen (secondary N) is 1. The van der Waals surface area contributed by atoms with Gasteiger partial charge in [-0.15, -0.1) is 0 Å². The van der Waals surface area contributed by atoms with Crippen LogP contribution in [-0.4, -0.2) is 23.1 Å². The van der Waals surface area contributed by atoms with Crippen molar-refractivity contribution >= 4 is 21.8 Å². The lowest BCUT2D eigenvalue weighted by Crippen LogP contribution is -2.05. The topological polar surface area (TPSA) is 63.9 Å². The van der Waals surface area contributed by atoms with E-state index in [4.69, 9.17) is 10.5 Å². The minimum absolute atomic E-state index is 0.111. The highest BCUT2D eigenvalue weighted by Crippen LogP contribution is 2.41. The largest absolute Gasteiger partial charge is 0.492 e. The molecule has 0 amide bonds. The van der Waals surface area contributed by atoms with Gasteiger partial charge in [-0.3, -0.25) is 0 Å². The zero-order chi connectivity index (χ0) is 22.9. The minimum Gasteiger partial charge on any atom is -0.492 e. The van der Waals surface area contributed by atoms with Crippen LogP contribution in [0.4, 0.5) is 13.2 Å². The first-order chi connectivity index (χ1) is 15.3. The number of para-hydroxylation sites is 1. The van der Waals surface area contributed by atoms with Crippen LogP contribution in [-0.2, 0) is 12.6 Å². The molecule has 0 unspecified atom stereocenters. The van der Waals surface area contributed by atoms with Crippen LogP contribution in [0.5, 0.6) is 5.75 Å². The number of ether oxygens (including phenoxy) is 1. The van der Waals surface area contributed by atoms with Crippen LogP contribution in [0.25, 0.3) is 33.1 Å². The fourth-order valence-electron chi connectivity index (χ4n) is 4.23. The molecule has 0 aliphatic heterocycles. The number of nitrogens with two attached hydrogens (primary N) is 1. The molecule has 0 spiro atoms. The second-order valence-corrected chi connectivity index (χ2v) is 7.84. The molecule has 0 fully saturated rings. The Morgan fingerprint density at radius 3 is 2.56 bits per heavy atom. The van der Waals surface area contributed by atoms with Crippen molar-refractivity contribution in [3.8, 4) is 17.0 Å². The number of H-pyrrole nitrogens is 1. The summed E-state index contributed by atoms with van der Waals surface area (Å²) in [6, 6.07) is 11.9. The monoisotopic (exact) mass is 441 g/mol. The molecular weight excluding hydrogens is 415 g/mol.